The van der Waals surface area contributed by atoms with E-state index in [-0.39, 0.29) is 23.0 Å². The highest BCUT2D eigenvalue weighted by atomic mass is 19.1. The fraction of sp³-hybridized carbons (Fsp3) is 0.118. The molecule has 0 atom stereocenters. The Morgan fingerprint density at radius 1 is 1.12 bits per heavy atom. The maximum absolute atomic E-state index is 14.1. The normalized spacial score (nSPS) is 13.4. The summed E-state index contributed by atoms with van der Waals surface area (Å²) in [6, 6.07) is 5.19. The summed E-state index contributed by atoms with van der Waals surface area (Å²) in [6.07, 6.45) is 2.14. The molecule has 1 aliphatic heterocycles. The van der Waals surface area contributed by atoms with Crippen molar-refractivity contribution in [2.75, 3.05) is 12.3 Å². The summed E-state index contributed by atoms with van der Waals surface area (Å²) >= 11 is 0. The van der Waals surface area contributed by atoms with Gasteiger partial charge in [-0.25, -0.2) is 18.7 Å². The molecule has 0 radical (unpaired) electrons. The second-order valence-electron chi connectivity index (χ2n) is 5.70. The Morgan fingerprint density at radius 2 is 1.96 bits per heavy atom. The Balaban J connectivity index is 1.78. The Hall–Kier alpha value is -3.29. The maximum Gasteiger partial charge on any atom is 0.253 e. The third-order valence-electron chi connectivity index (χ3n) is 4.06. The largest absolute Gasteiger partial charge is 0.396 e. The first-order valence-electron chi connectivity index (χ1n) is 7.61. The number of nitrogen functional groups attached to an aromatic ring is 1. The lowest BCUT2D eigenvalue weighted by Crippen LogP contribution is -2.31. The van der Waals surface area contributed by atoms with Crippen molar-refractivity contribution in [3.63, 3.8) is 0 Å². The molecule has 0 unspecified atom stereocenters. The minimum absolute atomic E-state index is 0.0333. The van der Waals surface area contributed by atoms with Crippen LogP contribution < -0.4 is 11.1 Å². The van der Waals surface area contributed by atoms with Gasteiger partial charge in [0, 0.05) is 30.9 Å². The third kappa shape index (κ3) is 2.61. The fourth-order valence-corrected chi connectivity index (χ4v) is 2.80. The number of anilines is 1. The number of nitrogens with two attached hydrogens (primary N) is 1. The smallest absolute Gasteiger partial charge is 0.253 e. The third-order valence-corrected chi connectivity index (χ3v) is 4.06. The van der Waals surface area contributed by atoms with Gasteiger partial charge in [-0.3, -0.25) is 4.79 Å². The number of nitrogens with zero attached hydrogens (tertiary/aromatic N) is 2. The Labute approximate surface area is 141 Å². The number of rotatable bonds is 2. The topological polar surface area (TPSA) is 96.7 Å². The Kier molecular flexibility index (Phi) is 3.45. The van der Waals surface area contributed by atoms with Crippen molar-refractivity contribution in [2.45, 2.75) is 6.42 Å². The SMILES string of the molecule is Nc1cc(F)c(-c2nccc(-c3cc4c([nH]3)CCNC4=O)n2)cc1F. The van der Waals surface area contributed by atoms with Gasteiger partial charge in [0.05, 0.1) is 28.2 Å². The van der Waals surface area contributed by atoms with Crippen molar-refractivity contribution in [3.8, 4) is 22.8 Å². The quantitative estimate of drug-likeness (QED) is 0.623. The summed E-state index contributed by atoms with van der Waals surface area (Å²) in [5.74, 6) is -1.56. The van der Waals surface area contributed by atoms with E-state index in [9.17, 15) is 13.6 Å². The van der Waals surface area contributed by atoms with Crippen LogP contribution >= 0.6 is 0 Å². The number of carbonyl (C=O) groups excluding carboxylic acids is 1. The van der Waals surface area contributed by atoms with Gasteiger partial charge >= 0.3 is 0 Å². The summed E-state index contributed by atoms with van der Waals surface area (Å²) in [4.78, 5) is 23.3. The number of aromatic nitrogens is 3. The summed E-state index contributed by atoms with van der Waals surface area (Å²) in [5, 5.41) is 2.76. The average molecular weight is 341 g/mol. The van der Waals surface area contributed by atoms with Crippen LogP contribution in [0, 0.1) is 11.6 Å². The number of nitrogens with one attached hydrogen (secondary N) is 2. The molecule has 4 rings (SSSR count). The number of hydrogen-bond donors (Lipinski definition) is 3. The Bertz CT molecular complexity index is 999. The van der Waals surface area contributed by atoms with Crippen LogP contribution in [0.25, 0.3) is 22.8 Å². The lowest BCUT2D eigenvalue weighted by atomic mass is 10.1. The van der Waals surface area contributed by atoms with E-state index < -0.39 is 11.6 Å². The van der Waals surface area contributed by atoms with E-state index in [0.29, 0.717) is 29.9 Å². The fourth-order valence-electron chi connectivity index (χ4n) is 2.80. The molecule has 8 heteroatoms. The van der Waals surface area contributed by atoms with Crippen molar-refractivity contribution in [1.82, 2.24) is 20.3 Å². The van der Waals surface area contributed by atoms with Gasteiger partial charge in [-0.05, 0) is 18.2 Å². The van der Waals surface area contributed by atoms with Crippen LogP contribution in [0.2, 0.25) is 0 Å². The number of aromatic amines is 1. The molecule has 6 nitrogen and oxygen atoms in total. The molecule has 1 aliphatic rings. The van der Waals surface area contributed by atoms with Gasteiger partial charge in [0.15, 0.2) is 5.82 Å². The number of halogens is 2. The van der Waals surface area contributed by atoms with E-state index in [1.54, 1.807) is 12.1 Å². The van der Waals surface area contributed by atoms with E-state index >= 15 is 0 Å². The van der Waals surface area contributed by atoms with E-state index in [2.05, 4.69) is 20.3 Å². The van der Waals surface area contributed by atoms with Gasteiger partial charge in [0.2, 0.25) is 0 Å². The van der Waals surface area contributed by atoms with Crippen molar-refractivity contribution in [2.24, 2.45) is 0 Å². The standard InChI is InChI=1S/C17H13F2N5O/c18-10-7-12(20)11(19)5-8(10)16-21-3-2-14(24-16)15-6-9-13(23-15)1-4-22-17(9)25/h2-3,5-7,23H,1,4,20H2,(H,22,25). The molecule has 0 saturated heterocycles. The maximum atomic E-state index is 14.1. The lowest BCUT2D eigenvalue weighted by Gasteiger charge is -2.10. The number of carbonyl (C=O) groups is 1. The van der Waals surface area contributed by atoms with Crippen molar-refractivity contribution in [1.29, 1.82) is 0 Å². The van der Waals surface area contributed by atoms with Gasteiger partial charge in [-0.1, -0.05) is 0 Å². The van der Waals surface area contributed by atoms with Crippen LogP contribution in [0.4, 0.5) is 14.5 Å². The molecule has 0 fully saturated rings. The predicted octanol–water partition coefficient (Wildman–Crippen LogP) is 2.28. The first-order chi connectivity index (χ1) is 12.0. The molecule has 1 amide bonds. The van der Waals surface area contributed by atoms with Crippen molar-refractivity contribution >= 4 is 11.6 Å². The summed E-state index contributed by atoms with van der Waals surface area (Å²) < 4.78 is 27.8. The molecule has 0 bridgehead atoms. The second-order valence-corrected chi connectivity index (χ2v) is 5.70. The summed E-state index contributed by atoms with van der Waals surface area (Å²) in [7, 11) is 0. The second kappa shape index (κ2) is 5.66. The first-order valence-corrected chi connectivity index (χ1v) is 7.61. The van der Waals surface area contributed by atoms with E-state index in [1.807, 2.05) is 0 Å². The molecule has 126 valence electrons. The molecule has 25 heavy (non-hydrogen) atoms. The highest BCUT2D eigenvalue weighted by Gasteiger charge is 2.21. The molecule has 0 spiro atoms. The molecule has 4 N–H and O–H groups in total. The monoisotopic (exact) mass is 341 g/mol. The van der Waals surface area contributed by atoms with Crippen molar-refractivity contribution < 1.29 is 13.6 Å². The Morgan fingerprint density at radius 3 is 2.76 bits per heavy atom. The number of H-pyrrole nitrogens is 1. The molecule has 3 heterocycles. The van der Waals surface area contributed by atoms with Crippen LogP contribution in [0.5, 0.6) is 0 Å². The van der Waals surface area contributed by atoms with Gasteiger partial charge in [0.25, 0.3) is 5.91 Å². The molecule has 1 aromatic carbocycles. The molecule has 2 aromatic heterocycles. The van der Waals surface area contributed by atoms with Gasteiger partial charge in [-0.15, -0.1) is 0 Å². The molecule has 0 saturated carbocycles. The first kappa shape index (κ1) is 15.3. The van der Waals surface area contributed by atoms with E-state index in [4.69, 9.17) is 5.73 Å². The number of benzene rings is 1. The highest BCUT2D eigenvalue weighted by molar-refractivity contribution is 5.97. The lowest BCUT2D eigenvalue weighted by molar-refractivity contribution is 0.0946. The summed E-state index contributed by atoms with van der Waals surface area (Å²) in [6.45, 7) is 0.566. The zero-order chi connectivity index (χ0) is 17.6. The number of hydrogen-bond acceptors (Lipinski definition) is 4. The predicted molar refractivity (Wildman–Crippen MR) is 87.6 cm³/mol. The molecular weight excluding hydrogens is 328 g/mol. The number of amides is 1. The average Bonchev–Trinajstić information content (AvgIpc) is 3.04. The molecule has 0 aliphatic carbocycles. The van der Waals surface area contributed by atoms with E-state index in [0.717, 1.165) is 17.8 Å². The van der Waals surface area contributed by atoms with Crippen molar-refractivity contribution in [3.05, 3.63) is 53.4 Å². The summed E-state index contributed by atoms with van der Waals surface area (Å²) in [5.41, 5.74) is 7.47. The minimum atomic E-state index is -0.739. The minimum Gasteiger partial charge on any atom is -0.396 e. The van der Waals surface area contributed by atoms with Gasteiger partial charge in [-0.2, -0.15) is 0 Å². The number of fused-ring (bicyclic) bond motifs is 1. The van der Waals surface area contributed by atoms with E-state index in [1.165, 1.54) is 6.20 Å². The zero-order valence-electron chi connectivity index (χ0n) is 12.9. The van der Waals surface area contributed by atoms with Crippen LogP contribution in [0.3, 0.4) is 0 Å². The highest BCUT2D eigenvalue weighted by Crippen LogP contribution is 2.27. The van der Waals surface area contributed by atoms with Crippen LogP contribution in [0.15, 0.2) is 30.5 Å². The van der Waals surface area contributed by atoms with Crippen LogP contribution in [-0.4, -0.2) is 27.4 Å². The van der Waals surface area contributed by atoms with Gasteiger partial charge < -0.3 is 16.0 Å². The van der Waals surface area contributed by atoms with Crippen LogP contribution in [-0.2, 0) is 6.42 Å². The van der Waals surface area contributed by atoms with Crippen LogP contribution in [0.1, 0.15) is 16.1 Å². The molecular formula is C17H13F2N5O. The molecule has 3 aromatic rings. The zero-order valence-corrected chi connectivity index (χ0v) is 12.9. The van der Waals surface area contributed by atoms with Gasteiger partial charge in [0.1, 0.15) is 11.6 Å².